The lowest BCUT2D eigenvalue weighted by molar-refractivity contribution is -0.167. The van der Waals surface area contributed by atoms with Crippen molar-refractivity contribution in [3.05, 3.63) is 24.0 Å². The van der Waals surface area contributed by atoms with Gasteiger partial charge in [-0.1, -0.05) is 13.8 Å². The number of halogens is 3. The van der Waals surface area contributed by atoms with Crippen molar-refractivity contribution in [2.75, 3.05) is 5.32 Å². The molecule has 0 aliphatic carbocycles. The molecule has 0 saturated heterocycles. The largest absolute Gasteiger partial charge is 0.471 e. The number of hydrogen-bond donors (Lipinski definition) is 1. The fourth-order valence-electron chi connectivity index (χ4n) is 1.04. The van der Waals surface area contributed by atoms with Crippen molar-refractivity contribution in [1.82, 2.24) is 4.98 Å². The molecule has 0 radical (unpaired) electrons. The number of anilines is 1. The van der Waals surface area contributed by atoms with E-state index in [1.165, 1.54) is 12.3 Å². The number of nitrogens with one attached hydrogen (secondary N) is 1. The molecule has 1 heterocycles. The second kappa shape index (κ2) is 7.36. The van der Waals surface area contributed by atoms with E-state index in [0.717, 1.165) is 6.20 Å². The van der Waals surface area contributed by atoms with Gasteiger partial charge in [-0.25, -0.2) is 0 Å². The Morgan fingerprint density at radius 1 is 1.42 bits per heavy atom. The molecule has 0 aromatic carbocycles. The second-order valence-electron chi connectivity index (χ2n) is 3.31. The first kappa shape index (κ1) is 16.9. The fourth-order valence-corrected chi connectivity index (χ4v) is 1.04. The summed E-state index contributed by atoms with van der Waals surface area (Å²) in [6, 6.07) is 3.20. The first-order valence-corrected chi connectivity index (χ1v) is 5.57. The predicted molar refractivity (Wildman–Crippen MR) is 64.3 cm³/mol. The number of pyridine rings is 1. The van der Waals surface area contributed by atoms with Gasteiger partial charge in [-0.15, -0.1) is 0 Å². The van der Waals surface area contributed by atoms with Gasteiger partial charge in [0.25, 0.3) is 0 Å². The Labute approximate surface area is 109 Å². The second-order valence-corrected chi connectivity index (χ2v) is 3.31. The van der Waals surface area contributed by atoms with Gasteiger partial charge in [0, 0.05) is 6.20 Å². The Morgan fingerprint density at radius 3 is 2.47 bits per heavy atom. The Morgan fingerprint density at radius 2 is 2.00 bits per heavy atom. The van der Waals surface area contributed by atoms with Crippen LogP contribution in [0.25, 0.3) is 0 Å². The average Bonchev–Trinajstić information content (AvgIpc) is 2.39. The molecule has 104 valence electrons. The van der Waals surface area contributed by atoms with Crippen molar-refractivity contribution in [3.8, 4) is 6.07 Å². The summed E-state index contributed by atoms with van der Waals surface area (Å²) in [7, 11) is 0. The number of rotatable bonds is 2. The molecular formula is C12H14F3N3O. The maximum absolute atomic E-state index is 12.0. The van der Waals surface area contributed by atoms with Crippen LogP contribution in [-0.2, 0) is 4.79 Å². The number of carbonyl (C=O) groups excluding carboxylic acids is 1. The lowest BCUT2D eigenvalue weighted by Gasteiger charge is -2.09. The summed E-state index contributed by atoms with van der Waals surface area (Å²) in [4.78, 5) is 14.3. The van der Waals surface area contributed by atoms with E-state index in [9.17, 15) is 18.0 Å². The van der Waals surface area contributed by atoms with Gasteiger partial charge in [0.05, 0.1) is 23.9 Å². The van der Waals surface area contributed by atoms with Crippen LogP contribution in [-0.4, -0.2) is 17.1 Å². The smallest absolute Gasteiger partial charge is 0.317 e. The number of amides is 1. The quantitative estimate of drug-likeness (QED) is 0.899. The van der Waals surface area contributed by atoms with E-state index < -0.39 is 18.0 Å². The minimum atomic E-state index is -4.95. The molecule has 7 heteroatoms. The van der Waals surface area contributed by atoms with Crippen LogP contribution in [0.1, 0.15) is 32.3 Å². The summed E-state index contributed by atoms with van der Waals surface area (Å²) in [5.74, 6) is -2.58. The molecule has 0 aliphatic rings. The maximum Gasteiger partial charge on any atom is 0.471 e. The third-order valence-corrected chi connectivity index (χ3v) is 1.97. The van der Waals surface area contributed by atoms with Crippen LogP contribution in [0.4, 0.5) is 18.9 Å². The van der Waals surface area contributed by atoms with E-state index in [4.69, 9.17) is 5.26 Å². The van der Waals surface area contributed by atoms with Gasteiger partial charge in [0.2, 0.25) is 0 Å². The van der Waals surface area contributed by atoms with E-state index in [1.54, 1.807) is 12.2 Å². The van der Waals surface area contributed by atoms with Crippen molar-refractivity contribution in [2.24, 2.45) is 0 Å². The van der Waals surface area contributed by atoms with Gasteiger partial charge in [-0.3, -0.25) is 9.78 Å². The summed E-state index contributed by atoms with van der Waals surface area (Å²) in [6.07, 6.45) is -2.51. The molecule has 1 rings (SSSR count). The van der Waals surface area contributed by atoms with Gasteiger partial charge in [-0.05, 0) is 18.6 Å². The zero-order valence-electron chi connectivity index (χ0n) is 10.7. The maximum atomic E-state index is 12.0. The van der Waals surface area contributed by atoms with E-state index in [2.05, 4.69) is 4.98 Å². The zero-order chi connectivity index (χ0) is 15.1. The van der Waals surface area contributed by atoms with Crippen LogP contribution in [0, 0.1) is 11.3 Å². The minimum absolute atomic E-state index is 0.0908. The number of nitrogens with zero attached hydrogens (tertiary/aromatic N) is 2. The molecule has 1 N–H and O–H groups in total. The Kier molecular flexibility index (Phi) is 6.55. The van der Waals surface area contributed by atoms with Gasteiger partial charge >= 0.3 is 12.1 Å². The van der Waals surface area contributed by atoms with Crippen molar-refractivity contribution in [1.29, 1.82) is 5.26 Å². The fraction of sp³-hybridized carbons (Fsp3) is 0.417. The molecule has 1 atom stereocenters. The number of hydrogen-bond acceptors (Lipinski definition) is 3. The summed E-state index contributed by atoms with van der Waals surface area (Å²) in [6.45, 7) is 5.58. The highest BCUT2D eigenvalue weighted by Gasteiger charge is 2.38. The van der Waals surface area contributed by atoms with Gasteiger partial charge in [-0.2, -0.15) is 18.4 Å². The molecule has 1 aromatic heterocycles. The normalized spacial score (nSPS) is 11.6. The monoisotopic (exact) mass is 273 g/mol. The molecule has 0 aliphatic heterocycles. The highest BCUT2D eigenvalue weighted by molar-refractivity contribution is 5.94. The van der Waals surface area contributed by atoms with E-state index in [-0.39, 0.29) is 5.69 Å². The Bertz CT molecular complexity index is 466. The number of nitriles is 1. The molecule has 0 spiro atoms. The SMILES string of the molecule is CC.CC(C#N)c1cncc(NC(=O)C(F)(F)F)c1. The van der Waals surface area contributed by atoms with Crippen LogP contribution in [0.2, 0.25) is 0 Å². The lowest BCUT2D eigenvalue weighted by atomic mass is 10.1. The molecule has 0 saturated carbocycles. The van der Waals surface area contributed by atoms with Gasteiger partial charge < -0.3 is 5.32 Å². The zero-order valence-corrected chi connectivity index (χ0v) is 10.7. The van der Waals surface area contributed by atoms with Crippen molar-refractivity contribution >= 4 is 11.6 Å². The predicted octanol–water partition coefficient (Wildman–Crippen LogP) is 3.24. The number of aromatic nitrogens is 1. The topological polar surface area (TPSA) is 65.8 Å². The van der Waals surface area contributed by atoms with Crippen molar-refractivity contribution in [3.63, 3.8) is 0 Å². The third kappa shape index (κ3) is 5.38. The molecule has 1 unspecified atom stereocenters. The first-order chi connectivity index (χ1) is 8.84. The van der Waals surface area contributed by atoms with Gasteiger partial charge in [0.1, 0.15) is 0 Å². The molecule has 0 bridgehead atoms. The third-order valence-electron chi connectivity index (χ3n) is 1.97. The number of carbonyl (C=O) groups is 1. The van der Waals surface area contributed by atoms with Crippen molar-refractivity contribution < 1.29 is 18.0 Å². The molecular weight excluding hydrogens is 259 g/mol. The van der Waals surface area contributed by atoms with E-state index >= 15 is 0 Å². The highest BCUT2D eigenvalue weighted by Crippen LogP contribution is 2.20. The standard InChI is InChI=1S/C10H8F3N3O.C2H6/c1-6(3-14)7-2-8(5-15-4-7)16-9(17)10(11,12)13;1-2/h2,4-6H,1H3,(H,16,17);1-2H3. The van der Waals surface area contributed by atoms with Crippen molar-refractivity contribution in [2.45, 2.75) is 32.9 Å². The molecule has 0 fully saturated rings. The summed E-state index contributed by atoms with van der Waals surface area (Å²) in [5, 5.41) is 10.3. The number of alkyl halides is 3. The van der Waals surface area contributed by atoms with Crippen LogP contribution in [0.3, 0.4) is 0 Å². The first-order valence-electron chi connectivity index (χ1n) is 5.57. The van der Waals surface area contributed by atoms with Crippen LogP contribution in [0.15, 0.2) is 18.5 Å². The average molecular weight is 273 g/mol. The Hall–Kier alpha value is -2.10. The van der Waals surface area contributed by atoms with Crippen LogP contribution in [0.5, 0.6) is 0 Å². The van der Waals surface area contributed by atoms with Gasteiger partial charge in [0.15, 0.2) is 0 Å². The molecule has 4 nitrogen and oxygen atoms in total. The molecule has 1 aromatic rings. The van der Waals surface area contributed by atoms with Crippen LogP contribution >= 0.6 is 0 Å². The van der Waals surface area contributed by atoms with Crippen LogP contribution < -0.4 is 5.32 Å². The van der Waals surface area contributed by atoms with E-state index in [1.807, 2.05) is 19.9 Å². The minimum Gasteiger partial charge on any atom is -0.317 e. The summed E-state index contributed by atoms with van der Waals surface area (Å²) < 4.78 is 35.9. The molecule has 19 heavy (non-hydrogen) atoms. The Balaban J connectivity index is 0.00000154. The van der Waals surface area contributed by atoms with E-state index in [0.29, 0.717) is 5.56 Å². The lowest BCUT2D eigenvalue weighted by Crippen LogP contribution is -2.30. The summed E-state index contributed by atoms with van der Waals surface area (Å²) >= 11 is 0. The molecule has 1 amide bonds. The summed E-state index contributed by atoms with van der Waals surface area (Å²) in [5.41, 5.74) is 0.347. The highest BCUT2D eigenvalue weighted by atomic mass is 19.4.